The molecular weight excluding hydrogens is 188 g/mol. The Kier molecular flexibility index (Phi) is 2.79. The topological polar surface area (TPSA) is 30.2 Å². The lowest BCUT2D eigenvalue weighted by Gasteiger charge is -1.92. The van der Waals surface area contributed by atoms with Gasteiger partial charge in [-0.2, -0.15) is 0 Å². The molecule has 0 unspecified atom stereocenters. The highest BCUT2D eigenvalue weighted by Gasteiger charge is 1.99. The third-order valence-electron chi connectivity index (χ3n) is 2.00. The van der Waals surface area contributed by atoms with Crippen LogP contribution in [-0.4, -0.2) is 5.78 Å². The van der Waals surface area contributed by atoms with Gasteiger partial charge in [0, 0.05) is 5.56 Å². The van der Waals surface area contributed by atoms with Crippen molar-refractivity contribution in [2.75, 3.05) is 0 Å². The van der Waals surface area contributed by atoms with Crippen molar-refractivity contribution < 1.29 is 9.21 Å². The van der Waals surface area contributed by atoms with Crippen LogP contribution < -0.4 is 0 Å². The molecule has 15 heavy (non-hydrogen) atoms. The fraction of sp³-hybridized carbons (Fsp3) is 0. The second-order valence-corrected chi connectivity index (χ2v) is 3.08. The molecule has 2 rings (SSSR count). The van der Waals surface area contributed by atoms with Crippen LogP contribution in [0.5, 0.6) is 0 Å². The Bertz CT molecular complexity index is 453. The summed E-state index contributed by atoms with van der Waals surface area (Å²) in [6.07, 6.45) is 4.75. The third-order valence-corrected chi connectivity index (χ3v) is 2.00. The molecule has 1 aromatic heterocycles. The van der Waals surface area contributed by atoms with E-state index >= 15 is 0 Å². The van der Waals surface area contributed by atoms with E-state index in [4.69, 9.17) is 4.42 Å². The van der Waals surface area contributed by atoms with E-state index in [-0.39, 0.29) is 5.78 Å². The molecule has 1 aromatic carbocycles. The summed E-state index contributed by atoms with van der Waals surface area (Å²) in [5, 5.41) is 0. The van der Waals surface area contributed by atoms with E-state index < -0.39 is 0 Å². The van der Waals surface area contributed by atoms with Gasteiger partial charge in [0.15, 0.2) is 5.78 Å². The molecule has 0 aliphatic heterocycles. The predicted octanol–water partition coefficient (Wildman–Crippen LogP) is 3.18. The van der Waals surface area contributed by atoms with Crippen LogP contribution in [0.25, 0.3) is 6.08 Å². The number of carbonyl (C=O) groups excluding carboxylic acids is 1. The molecule has 0 saturated carbocycles. The fourth-order valence-corrected chi connectivity index (χ4v) is 1.24. The summed E-state index contributed by atoms with van der Waals surface area (Å²) >= 11 is 0. The van der Waals surface area contributed by atoms with Gasteiger partial charge in [-0.05, 0) is 24.3 Å². The molecule has 1 heterocycles. The van der Waals surface area contributed by atoms with E-state index in [9.17, 15) is 4.79 Å². The lowest BCUT2D eigenvalue weighted by Crippen LogP contribution is -1.92. The Balaban J connectivity index is 2.11. The molecule has 0 bridgehead atoms. The minimum atomic E-state index is -0.0213. The number of hydrogen-bond donors (Lipinski definition) is 0. The second kappa shape index (κ2) is 4.42. The number of allylic oxidation sites excluding steroid dienone is 1. The molecule has 0 aliphatic carbocycles. The summed E-state index contributed by atoms with van der Waals surface area (Å²) < 4.78 is 5.08. The van der Waals surface area contributed by atoms with Crippen molar-refractivity contribution in [2.24, 2.45) is 0 Å². The smallest absolute Gasteiger partial charge is 0.185 e. The predicted molar refractivity (Wildman–Crippen MR) is 58.5 cm³/mol. The van der Waals surface area contributed by atoms with Crippen LogP contribution in [0.4, 0.5) is 0 Å². The standard InChI is InChI=1S/C13H10O2/c14-13(11-5-2-1-3-6-11)9-8-12-7-4-10-15-12/h1-10H/b9-8-. The highest BCUT2D eigenvalue weighted by Crippen LogP contribution is 2.05. The van der Waals surface area contributed by atoms with Crippen LogP contribution >= 0.6 is 0 Å². The highest BCUT2D eigenvalue weighted by atomic mass is 16.3. The van der Waals surface area contributed by atoms with Gasteiger partial charge >= 0.3 is 0 Å². The summed E-state index contributed by atoms with van der Waals surface area (Å²) in [5.74, 6) is 0.659. The van der Waals surface area contributed by atoms with Crippen LogP contribution in [0.1, 0.15) is 16.1 Å². The van der Waals surface area contributed by atoms with E-state index in [2.05, 4.69) is 0 Å². The first kappa shape index (κ1) is 9.46. The number of furan rings is 1. The van der Waals surface area contributed by atoms with Gasteiger partial charge in [0.1, 0.15) is 5.76 Å². The lowest BCUT2D eigenvalue weighted by molar-refractivity contribution is 0.104. The van der Waals surface area contributed by atoms with Crippen LogP contribution in [0.15, 0.2) is 59.2 Å². The van der Waals surface area contributed by atoms with Gasteiger partial charge in [-0.15, -0.1) is 0 Å². The van der Waals surface area contributed by atoms with Crippen molar-refractivity contribution in [1.82, 2.24) is 0 Å². The van der Waals surface area contributed by atoms with E-state index in [1.54, 1.807) is 36.6 Å². The average Bonchev–Trinajstić information content (AvgIpc) is 2.80. The van der Waals surface area contributed by atoms with Crippen LogP contribution in [-0.2, 0) is 0 Å². The van der Waals surface area contributed by atoms with Crippen molar-refractivity contribution in [2.45, 2.75) is 0 Å². The zero-order chi connectivity index (χ0) is 10.5. The van der Waals surface area contributed by atoms with Crippen LogP contribution in [0.2, 0.25) is 0 Å². The first-order valence-corrected chi connectivity index (χ1v) is 4.67. The maximum absolute atomic E-state index is 11.6. The number of benzene rings is 1. The van der Waals surface area contributed by atoms with Gasteiger partial charge < -0.3 is 4.42 Å². The van der Waals surface area contributed by atoms with Crippen molar-refractivity contribution in [3.8, 4) is 0 Å². The van der Waals surface area contributed by atoms with E-state index in [0.717, 1.165) is 0 Å². The Morgan fingerprint density at radius 1 is 1.07 bits per heavy atom. The minimum Gasteiger partial charge on any atom is -0.465 e. The zero-order valence-corrected chi connectivity index (χ0v) is 8.09. The van der Waals surface area contributed by atoms with Gasteiger partial charge in [-0.25, -0.2) is 0 Å². The SMILES string of the molecule is O=C(/C=C\c1ccco1)c1ccccc1. The molecule has 0 radical (unpaired) electrons. The maximum Gasteiger partial charge on any atom is 0.185 e. The number of rotatable bonds is 3. The molecule has 0 spiro atoms. The van der Waals surface area contributed by atoms with Gasteiger partial charge in [-0.1, -0.05) is 30.3 Å². The van der Waals surface area contributed by atoms with Gasteiger partial charge in [0.05, 0.1) is 6.26 Å². The Morgan fingerprint density at radius 3 is 2.53 bits per heavy atom. The van der Waals surface area contributed by atoms with Gasteiger partial charge in [-0.3, -0.25) is 4.79 Å². The van der Waals surface area contributed by atoms with E-state index in [0.29, 0.717) is 11.3 Å². The van der Waals surface area contributed by atoms with Gasteiger partial charge in [0.25, 0.3) is 0 Å². The first-order valence-electron chi connectivity index (χ1n) is 4.67. The molecule has 0 aliphatic rings. The molecular formula is C13H10O2. The van der Waals surface area contributed by atoms with Crippen molar-refractivity contribution in [1.29, 1.82) is 0 Å². The Hall–Kier alpha value is -2.09. The van der Waals surface area contributed by atoms with Crippen LogP contribution in [0, 0.1) is 0 Å². The molecule has 2 nitrogen and oxygen atoms in total. The Morgan fingerprint density at radius 2 is 1.87 bits per heavy atom. The normalized spacial score (nSPS) is 10.7. The molecule has 74 valence electrons. The molecule has 2 aromatic rings. The zero-order valence-electron chi connectivity index (χ0n) is 8.09. The summed E-state index contributed by atoms with van der Waals surface area (Å²) in [5.41, 5.74) is 0.681. The number of hydrogen-bond acceptors (Lipinski definition) is 2. The summed E-state index contributed by atoms with van der Waals surface area (Å²) in [6.45, 7) is 0. The van der Waals surface area contributed by atoms with E-state index in [1.807, 2.05) is 18.2 Å². The third kappa shape index (κ3) is 2.44. The molecule has 0 amide bonds. The molecule has 2 heteroatoms. The number of carbonyl (C=O) groups is 1. The summed E-state index contributed by atoms with van der Waals surface area (Å²) in [7, 11) is 0. The second-order valence-electron chi connectivity index (χ2n) is 3.08. The quantitative estimate of drug-likeness (QED) is 0.560. The van der Waals surface area contributed by atoms with Crippen molar-refractivity contribution in [3.05, 3.63) is 66.1 Å². The molecule has 0 atom stereocenters. The first-order chi connectivity index (χ1) is 7.36. The summed E-state index contributed by atoms with van der Waals surface area (Å²) in [4.78, 5) is 11.6. The molecule has 0 N–H and O–H groups in total. The number of ketones is 1. The van der Waals surface area contributed by atoms with Gasteiger partial charge in [0.2, 0.25) is 0 Å². The highest BCUT2D eigenvalue weighted by molar-refractivity contribution is 6.06. The van der Waals surface area contributed by atoms with Crippen molar-refractivity contribution in [3.63, 3.8) is 0 Å². The Labute approximate surface area is 87.8 Å². The van der Waals surface area contributed by atoms with E-state index in [1.165, 1.54) is 6.08 Å². The average molecular weight is 198 g/mol. The van der Waals surface area contributed by atoms with Crippen LogP contribution in [0.3, 0.4) is 0 Å². The summed E-state index contributed by atoms with van der Waals surface area (Å²) in [6, 6.07) is 12.7. The molecule has 0 fully saturated rings. The van der Waals surface area contributed by atoms with Crippen molar-refractivity contribution >= 4 is 11.9 Å². The molecule has 0 saturated heterocycles. The minimum absolute atomic E-state index is 0.0213. The fourth-order valence-electron chi connectivity index (χ4n) is 1.24. The monoisotopic (exact) mass is 198 g/mol. The lowest BCUT2D eigenvalue weighted by atomic mass is 10.1. The maximum atomic E-state index is 11.6. The largest absolute Gasteiger partial charge is 0.465 e.